The van der Waals surface area contributed by atoms with Crippen LogP contribution in [-0.4, -0.2) is 40.4 Å². The van der Waals surface area contributed by atoms with Gasteiger partial charge >= 0.3 is 6.09 Å². The van der Waals surface area contributed by atoms with Gasteiger partial charge in [0.05, 0.1) is 28.0 Å². The van der Waals surface area contributed by atoms with Gasteiger partial charge in [0.25, 0.3) is 5.56 Å². The lowest BCUT2D eigenvalue weighted by molar-refractivity contribution is 0.0499. The molecule has 4 rings (SSSR count). The lowest BCUT2D eigenvalue weighted by Gasteiger charge is -2.35. The fourth-order valence-electron chi connectivity index (χ4n) is 4.04. The van der Waals surface area contributed by atoms with E-state index in [1.54, 1.807) is 22.8 Å². The molecule has 34 heavy (non-hydrogen) atoms. The third-order valence-electron chi connectivity index (χ3n) is 5.48. The average Bonchev–Trinajstić information content (AvgIpc) is 3.15. The number of fused-ring (bicyclic) bond motifs is 1. The fraction of sp³-hybridized carbons (Fsp3) is 0.417. The molecule has 0 saturated carbocycles. The number of thiophene rings is 1. The van der Waals surface area contributed by atoms with Gasteiger partial charge in [0, 0.05) is 19.1 Å². The number of nitrogens with zero attached hydrogens (tertiary/aromatic N) is 4. The molecule has 8 nitrogen and oxygen atoms in total. The van der Waals surface area contributed by atoms with Gasteiger partial charge in [0.1, 0.15) is 10.3 Å². The lowest BCUT2D eigenvalue weighted by Crippen LogP contribution is -2.50. The van der Waals surface area contributed by atoms with Crippen molar-refractivity contribution in [2.75, 3.05) is 18.0 Å². The van der Waals surface area contributed by atoms with Crippen LogP contribution in [0.2, 0.25) is 4.34 Å². The molecule has 1 atom stereocenters. The quantitative estimate of drug-likeness (QED) is 0.566. The molecule has 0 radical (unpaired) electrons. The van der Waals surface area contributed by atoms with Gasteiger partial charge in [-0.2, -0.15) is 5.26 Å². The van der Waals surface area contributed by atoms with Crippen LogP contribution in [0.5, 0.6) is 0 Å². The Morgan fingerprint density at radius 2 is 2.15 bits per heavy atom. The van der Waals surface area contributed by atoms with Crippen molar-refractivity contribution in [1.82, 2.24) is 14.9 Å². The van der Waals surface area contributed by atoms with Gasteiger partial charge in [0.2, 0.25) is 5.95 Å². The van der Waals surface area contributed by atoms with Gasteiger partial charge in [-0.05, 0) is 51.3 Å². The molecule has 0 aliphatic carbocycles. The van der Waals surface area contributed by atoms with Crippen molar-refractivity contribution in [3.8, 4) is 6.07 Å². The van der Waals surface area contributed by atoms with Crippen molar-refractivity contribution in [3.05, 3.63) is 56.1 Å². The minimum atomic E-state index is -0.585. The van der Waals surface area contributed by atoms with E-state index >= 15 is 0 Å². The minimum Gasteiger partial charge on any atom is -0.444 e. The minimum absolute atomic E-state index is 0.151. The zero-order valence-electron chi connectivity index (χ0n) is 19.3. The number of alkyl carbamates (subject to hydrolysis) is 1. The van der Waals surface area contributed by atoms with Crippen LogP contribution < -0.4 is 15.8 Å². The van der Waals surface area contributed by atoms with E-state index in [-0.39, 0.29) is 18.1 Å². The topological polar surface area (TPSA) is 100 Å². The molecule has 10 heteroatoms. The van der Waals surface area contributed by atoms with Crippen LogP contribution in [0.1, 0.15) is 44.7 Å². The molecule has 1 fully saturated rings. The summed E-state index contributed by atoms with van der Waals surface area (Å²) in [5, 5.41) is 12.5. The van der Waals surface area contributed by atoms with Crippen molar-refractivity contribution in [1.29, 1.82) is 5.26 Å². The van der Waals surface area contributed by atoms with Crippen LogP contribution in [0, 0.1) is 11.3 Å². The SMILES string of the molecule is CC(C)(C)OC(=O)N[C@H]1CCCN(c2nc3cc(Cl)sc3c(=O)n2Cc2ccccc2C#N)C1. The van der Waals surface area contributed by atoms with Crippen molar-refractivity contribution >= 4 is 45.2 Å². The highest BCUT2D eigenvalue weighted by molar-refractivity contribution is 7.22. The van der Waals surface area contributed by atoms with Crippen LogP contribution in [0.3, 0.4) is 0 Å². The zero-order valence-corrected chi connectivity index (χ0v) is 20.9. The Balaban J connectivity index is 1.69. The molecule has 1 N–H and O–H groups in total. The Bertz CT molecular complexity index is 1320. The molecular weight excluding hydrogens is 474 g/mol. The zero-order chi connectivity index (χ0) is 24.5. The third kappa shape index (κ3) is 5.34. The predicted octanol–water partition coefficient (Wildman–Crippen LogP) is 4.52. The van der Waals surface area contributed by atoms with Gasteiger partial charge in [-0.1, -0.05) is 29.8 Å². The van der Waals surface area contributed by atoms with Crippen LogP contribution in [-0.2, 0) is 11.3 Å². The Labute approximate surface area is 206 Å². The maximum absolute atomic E-state index is 13.5. The molecule has 1 aliphatic heterocycles. The van der Waals surface area contributed by atoms with E-state index in [0.29, 0.717) is 39.2 Å². The second-order valence-corrected chi connectivity index (χ2v) is 11.0. The van der Waals surface area contributed by atoms with Gasteiger partial charge < -0.3 is 15.0 Å². The standard InChI is InChI=1S/C24H26ClN5O3S/c1-24(2,3)33-23(32)27-17-9-6-10-29(14-17)22-28-18-11-19(25)34-20(18)21(31)30(22)13-16-8-5-4-7-15(16)12-26/h4-5,7-8,11,17H,6,9-10,13-14H2,1-3H3,(H,27,32)/t17-/m0/s1. The molecule has 1 aliphatic rings. The summed E-state index contributed by atoms with van der Waals surface area (Å²) in [5.74, 6) is 0.496. The van der Waals surface area contributed by atoms with Crippen LogP contribution in [0.15, 0.2) is 35.1 Å². The summed E-state index contributed by atoms with van der Waals surface area (Å²) < 4.78 is 7.97. The Kier molecular flexibility index (Phi) is 6.82. The molecule has 3 aromatic rings. The summed E-state index contributed by atoms with van der Waals surface area (Å²) in [6.07, 6.45) is 1.14. The van der Waals surface area contributed by atoms with Crippen LogP contribution in [0.25, 0.3) is 10.2 Å². The summed E-state index contributed by atoms with van der Waals surface area (Å²) in [6, 6.07) is 10.9. The van der Waals surface area contributed by atoms with E-state index in [0.717, 1.165) is 18.4 Å². The molecular formula is C24H26ClN5O3S. The second kappa shape index (κ2) is 9.65. The van der Waals surface area contributed by atoms with Crippen LogP contribution >= 0.6 is 22.9 Å². The monoisotopic (exact) mass is 499 g/mol. The third-order valence-corrected chi connectivity index (χ3v) is 6.72. The highest BCUT2D eigenvalue weighted by Crippen LogP contribution is 2.29. The van der Waals surface area contributed by atoms with E-state index in [1.807, 2.05) is 37.8 Å². The first-order chi connectivity index (χ1) is 16.1. The summed E-state index contributed by atoms with van der Waals surface area (Å²) in [6.45, 7) is 6.84. The number of piperidine rings is 1. The largest absolute Gasteiger partial charge is 0.444 e. The predicted molar refractivity (Wildman–Crippen MR) is 134 cm³/mol. The molecule has 0 bridgehead atoms. The van der Waals surface area contributed by atoms with Crippen LogP contribution in [0.4, 0.5) is 10.7 Å². The Morgan fingerprint density at radius 3 is 2.88 bits per heavy atom. The number of halogens is 1. The Hall–Kier alpha value is -3.09. The molecule has 1 aromatic carbocycles. The maximum Gasteiger partial charge on any atom is 0.407 e. The van der Waals surface area contributed by atoms with Gasteiger partial charge in [-0.15, -0.1) is 11.3 Å². The maximum atomic E-state index is 13.5. The summed E-state index contributed by atoms with van der Waals surface area (Å²) in [7, 11) is 0. The van der Waals surface area contributed by atoms with Gasteiger partial charge in [0.15, 0.2) is 0 Å². The van der Waals surface area contributed by atoms with Gasteiger partial charge in [-0.25, -0.2) is 9.78 Å². The molecule has 0 unspecified atom stereocenters. The van der Waals surface area contributed by atoms with Crippen molar-refractivity contribution in [2.24, 2.45) is 0 Å². The van der Waals surface area contributed by atoms with E-state index in [2.05, 4.69) is 11.4 Å². The number of carbonyl (C=O) groups is 1. The normalized spacial score (nSPS) is 16.3. The van der Waals surface area contributed by atoms with E-state index < -0.39 is 11.7 Å². The van der Waals surface area contributed by atoms with Crippen molar-refractivity contribution in [3.63, 3.8) is 0 Å². The molecule has 178 valence electrons. The molecule has 0 spiro atoms. The number of benzene rings is 1. The van der Waals surface area contributed by atoms with Crippen molar-refractivity contribution < 1.29 is 9.53 Å². The van der Waals surface area contributed by atoms with E-state index in [1.165, 1.54) is 11.3 Å². The first-order valence-corrected chi connectivity index (χ1v) is 12.3. The number of hydrogen-bond donors (Lipinski definition) is 1. The molecule has 1 amide bonds. The Morgan fingerprint density at radius 1 is 1.38 bits per heavy atom. The second-order valence-electron chi connectivity index (χ2n) is 9.27. The highest BCUT2D eigenvalue weighted by Gasteiger charge is 2.27. The summed E-state index contributed by atoms with van der Waals surface area (Å²) >= 11 is 7.39. The smallest absolute Gasteiger partial charge is 0.407 e. The number of anilines is 1. The molecule has 2 aromatic heterocycles. The van der Waals surface area contributed by atoms with Gasteiger partial charge in [-0.3, -0.25) is 9.36 Å². The summed E-state index contributed by atoms with van der Waals surface area (Å²) in [5.41, 5.74) is 0.997. The molecule has 3 heterocycles. The highest BCUT2D eigenvalue weighted by atomic mass is 35.5. The average molecular weight is 500 g/mol. The number of carbonyl (C=O) groups excluding carboxylic acids is 1. The first-order valence-electron chi connectivity index (χ1n) is 11.1. The first kappa shape index (κ1) is 24.0. The number of nitriles is 1. The lowest BCUT2D eigenvalue weighted by atomic mass is 10.1. The van der Waals surface area contributed by atoms with E-state index in [9.17, 15) is 14.9 Å². The molecule has 1 saturated heterocycles. The summed E-state index contributed by atoms with van der Waals surface area (Å²) in [4.78, 5) is 32.6. The fourth-order valence-corrected chi connectivity index (χ4v) is 5.15. The van der Waals surface area contributed by atoms with E-state index in [4.69, 9.17) is 21.3 Å². The number of aromatic nitrogens is 2. The number of amides is 1. The number of nitrogens with one attached hydrogen (secondary N) is 1. The number of hydrogen-bond acceptors (Lipinski definition) is 7. The number of rotatable bonds is 4. The number of ether oxygens (including phenoxy) is 1. The van der Waals surface area contributed by atoms with Crippen molar-refractivity contribution in [2.45, 2.75) is 51.8 Å².